The first-order chi connectivity index (χ1) is 10.0. The summed E-state index contributed by atoms with van der Waals surface area (Å²) < 4.78 is 0. The molecule has 0 aliphatic heterocycles. The molecule has 110 valence electrons. The third-order valence-corrected chi connectivity index (χ3v) is 6.28. The summed E-state index contributed by atoms with van der Waals surface area (Å²) in [4.78, 5) is 0.473. The molecule has 3 rings (SSSR count). The van der Waals surface area contributed by atoms with Gasteiger partial charge in [-0.1, -0.05) is 52.3 Å². The van der Waals surface area contributed by atoms with Crippen LogP contribution in [0.2, 0.25) is 0 Å². The predicted molar refractivity (Wildman–Crippen MR) is 94.3 cm³/mol. The Labute approximate surface area is 136 Å². The van der Waals surface area contributed by atoms with Crippen LogP contribution in [0.4, 0.5) is 0 Å². The number of aryl methyl sites for hydroxylation is 2. The molecule has 1 heteroatoms. The lowest BCUT2D eigenvalue weighted by atomic mass is 9.90. The van der Waals surface area contributed by atoms with Gasteiger partial charge in [-0.05, 0) is 79.3 Å². The highest BCUT2D eigenvalue weighted by Gasteiger charge is 2.44. The van der Waals surface area contributed by atoms with Gasteiger partial charge in [-0.25, -0.2) is 0 Å². The number of rotatable bonds is 3. The summed E-state index contributed by atoms with van der Waals surface area (Å²) in [6.45, 7) is 9.00. The Balaban J connectivity index is 1.90. The van der Waals surface area contributed by atoms with Crippen molar-refractivity contribution in [1.29, 1.82) is 0 Å². The zero-order chi connectivity index (χ0) is 15.1. The Bertz CT molecular complexity index is 631. The molecule has 0 saturated heterocycles. The maximum Gasteiger partial charge on any atom is 0.0434 e. The molecule has 0 N–H and O–H groups in total. The molecule has 21 heavy (non-hydrogen) atoms. The largest absolute Gasteiger partial charge is 0.0835 e. The number of hydrogen-bond donors (Lipinski definition) is 0. The zero-order valence-electron chi connectivity index (χ0n) is 13.3. The van der Waals surface area contributed by atoms with Crippen molar-refractivity contribution in [2.45, 2.75) is 44.9 Å². The molecule has 0 amide bonds. The fraction of sp³-hybridized carbons (Fsp3) is 0.400. The lowest BCUT2D eigenvalue weighted by Crippen LogP contribution is -2.04. The van der Waals surface area contributed by atoms with Crippen molar-refractivity contribution in [3.05, 3.63) is 69.8 Å². The number of alkyl halides is 1. The van der Waals surface area contributed by atoms with Crippen LogP contribution in [0.15, 0.2) is 36.4 Å². The minimum atomic E-state index is 0.473. The van der Waals surface area contributed by atoms with E-state index in [0.29, 0.717) is 4.83 Å². The van der Waals surface area contributed by atoms with Gasteiger partial charge in [0.25, 0.3) is 0 Å². The first-order valence-corrected chi connectivity index (χ1v) is 8.68. The van der Waals surface area contributed by atoms with Crippen molar-refractivity contribution in [2.75, 3.05) is 0 Å². The Kier molecular flexibility index (Phi) is 3.96. The van der Waals surface area contributed by atoms with Crippen LogP contribution >= 0.6 is 15.9 Å². The molecule has 0 aromatic heterocycles. The van der Waals surface area contributed by atoms with Crippen LogP contribution in [0.3, 0.4) is 0 Å². The Hall–Kier alpha value is -1.08. The summed E-state index contributed by atoms with van der Waals surface area (Å²) in [6.07, 6.45) is 1.30. The van der Waals surface area contributed by atoms with Gasteiger partial charge in [0.05, 0.1) is 0 Å². The molecular formula is C20H23Br. The van der Waals surface area contributed by atoms with E-state index in [2.05, 4.69) is 80.0 Å². The topological polar surface area (TPSA) is 0 Å². The summed E-state index contributed by atoms with van der Waals surface area (Å²) in [5, 5.41) is 0. The second-order valence-corrected chi connectivity index (χ2v) is 7.48. The van der Waals surface area contributed by atoms with Crippen LogP contribution in [0.5, 0.6) is 0 Å². The lowest BCUT2D eigenvalue weighted by Gasteiger charge is -2.20. The van der Waals surface area contributed by atoms with Crippen LogP contribution in [0, 0.1) is 33.6 Å². The highest BCUT2D eigenvalue weighted by atomic mass is 79.9. The molecule has 3 unspecified atom stereocenters. The summed E-state index contributed by atoms with van der Waals surface area (Å²) >= 11 is 4.02. The van der Waals surface area contributed by atoms with Gasteiger partial charge < -0.3 is 0 Å². The maximum atomic E-state index is 4.02. The minimum Gasteiger partial charge on any atom is -0.0835 e. The molecule has 0 bridgehead atoms. The third-order valence-electron chi connectivity index (χ3n) is 5.14. The van der Waals surface area contributed by atoms with E-state index in [9.17, 15) is 0 Å². The number of hydrogen-bond acceptors (Lipinski definition) is 0. The fourth-order valence-corrected chi connectivity index (χ4v) is 4.77. The maximum absolute atomic E-state index is 4.02. The third kappa shape index (κ3) is 2.68. The molecule has 1 saturated carbocycles. The predicted octanol–water partition coefficient (Wildman–Crippen LogP) is 6.16. The molecule has 3 atom stereocenters. The van der Waals surface area contributed by atoms with Gasteiger partial charge in [0.15, 0.2) is 0 Å². The van der Waals surface area contributed by atoms with Crippen molar-refractivity contribution in [3.63, 3.8) is 0 Å². The van der Waals surface area contributed by atoms with Crippen LogP contribution in [-0.2, 0) is 0 Å². The normalized spacial score (nSPS) is 22.1. The Morgan fingerprint density at radius 3 is 2.10 bits per heavy atom. The van der Waals surface area contributed by atoms with Crippen LogP contribution in [0.25, 0.3) is 0 Å². The van der Waals surface area contributed by atoms with Crippen molar-refractivity contribution >= 4 is 15.9 Å². The van der Waals surface area contributed by atoms with E-state index in [-0.39, 0.29) is 0 Å². The molecule has 1 aliphatic carbocycles. The number of halogens is 1. The van der Waals surface area contributed by atoms with E-state index >= 15 is 0 Å². The van der Waals surface area contributed by atoms with Gasteiger partial charge in [-0.3, -0.25) is 0 Å². The zero-order valence-corrected chi connectivity index (χ0v) is 14.9. The Morgan fingerprint density at radius 1 is 0.952 bits per heavy atom. The van der Waals surface area contributed by atoms with E-state index < -0.39 is 0 Å². The van der Waals surface area contributed by atoms with Crippen LogP contribution in [0.1, 0.15) is 50.5 Å². The van der Waals surface area contributed by atoms with Gasteiger partial charge in [0.1, 0.15) is 0 Å². The van der Waals surface area contributed by atoms with E-state index in [4.69, 9.17) is 0 Å². The standard InChI is InChI=1S/C20H23Br/c1-12-10-13(2)15(4)19(14(12)3)20(21)18-11-17(18)16-8-6-5-7-9-16/h5-10,17-18,20H,11H2,1-4H3. The summed E-state index contributed by atoms with van der Waals surface area (Å²) in [5.74, 6) is 1.45. The molecule has 1 aliphatic rings. The Morgan fingerprint density at radius 2 is 1.52 bits per heavy atom. The fourth-order valence-electron chi connectivity index (χ4n) is 3.50. The van der Waals surface area contributed by atoms with Gasteiger partial charge in [-0.2, -0.15) is 0 Å². The quantitative estimate of drug-likeness (QED) is 0.586. The highest BCUT2D eigenvalue weighted by Crippen LogP contribution is 2.58. The van der Waals surface area contributed by atoms with Crippen LogP contribution < -0.4 is 0 Å². The van der Waals surface area contributed by atoms with Gasteiger partial charge in [0, 0.05) is 4.83 Å². The summed E-state index contributed by atoms with van der Waals surface area (Å²) in [5.41, 5.74) is 8.75. The second-order valence-electron chi connectivity index (χ2n) is 6.49. The number of benzene rings is 2. The average Bonchev–Trinajstić information content (AvgIpc) is 3.27. The van der Waals surface area contributed by atoms with Crippen molar-refractivity contribution in [2.24, 2.45) is 5.92 Å². The SMILES string of the molecule is Cc1cc(C)c(C)c(C(Br)C2CC2c2ccccc2)c1C. The minimum absolute atomic E-state index is 0.473. The van der Waals surface area contributed by atoms with Gasteiger partial charge >= 0.3 is 0 Å². The van der Waals surface area contributed by atoms with E-state index in [1.54, 1.807) is 0 Å². The molecule has 1 fully saturated rings. The molecule has 2 aromatic rings. The molecule has 0 spiro atoms. The smallest absolute Gasteiger partial charge is 0.0434 e. The monoisotopic (exact) mass is 342 g/mol. The van der Waals surface area contributed by atoms with Crippen molar-refractivity contribution in [1.82, 2.24) is 0 Å². The van der Waals surface area contributed by atoms with Gasteiger partial charge in [-0.15, -0.1) is 0 Å². The lowest BCUT2D eigenvalue weighted by molar-refractivity contribution is 0.774. The van der Waals surface area contributed by atoms with E-state index in [1.807, 2.05) is 0 Å². The molecule has 2 aromatic carbocycles. The van der Waals surface area contributed by atoms with E-state index in [1.165, 1.54) is 39.8 Å². The first kappa shape index (κ1) is 14.8. The first-order valence-electron chi connectivity index (χ1n) is 7.77. The molecule has 0 nitrogen and oxygen atoms in total. The summed E-state index contributed by atoms with van der Waals surface area (Å²) in [6, 6.07) is 13.3. The molecule has 0 heterocycles. The van der Waals surface area contributed by atoms with Gasteiger partial charge in [0.2, 0.25) is 0 Å². The van der Waals surface area contributed by atoms with Crippen molar-refractivity contribution < 1.29 is 0 Å². The summed E-state index contributed by atoms with van der Waals surface area (Å²) in [7, 11) is 0. The average molecular weight is 343 g/mol. The van der Waals surface area contributed by atoms with Crippen LogP contribution in [-0.4, -0.2) is 0 Å². The molecular weight excluding hydrogens is 320 g/mol. The van der Waals surface area contributed by atoms with Crippen molar-refractivity contribution in [3.8, 4) is 0 Å². The second kappa shape index (κ2) is 5.61. The molecule has 0 radical (unpaired) electrons. The van der Waals surface area contributed by atoms with E-state index in [0.717, 1.165) is 11.8 Å². The highest BCUT2D eigenvalue weighted by molar-refractivity contribution is 9.09.